The second-order valence-corrected chi connectivity index (χ2v) is 7.20. The maximum atomic E-state index is 13.2. The number of carbonyl (C=O) groups is 1. The number of aromatic nitrogens is 2. The second-order valence-electron chi connectivity index (χ2n) is 7.20. The summed E-state index contributed by atoms with van der Waals surface area (Å²) in [5.74, 6) is 0.653. The molecule has 1 amide bonds. The number of nitrogens with zero attached hydrogens (tertiary/aromatic N) is 2. The smallest absolute Gasteiger partial charge is 0.270 e. The van der Waals surface area contributed by atoms with Gasteiger partial charge in [0.2, 0.25) is 0 Å². The summed E-state index contributed by atoms with van der Waals surface area (Å²) in [5, 5.41) is 1.17. The molecule has 0 radical (unpaired) electrons. The molecule has 1 aliphatic heterocycles. The van der Waals surface area contributed by atoms with Crippen LogP contribution in [0, 0.1) is 5.92 Å². The highest BCUT2D eigenvalue weighted by atomic mass is 16.2. The van der Waals surface area contributed by atoms with Crippen LogP contribution < -0.4 is 0 Å². The first kappa shape index (κ1) is 16.8. The Bertz CT molecular complexity index is 900. The molecule has 3 aromatic rings. The van der Waals surface area contributed by atoms with Crippen molar-refractivity contribution in [2.24, 2.45) is 5.92 Å². The van der Waals surface area contributed by atoms with Crippen LogP contribution in [0.25, 0.3) is 10.9 Å². The summed E-state index contributed by atoms with van der Waals surface area (Å²) >= 11 is 0. The van der Waals surface area contributed by atoms with Gasteiger partial charge in [-0.1, -0.05) is 31.2 Å². The maximum Gasteiger partial charge on any atom is 0.270 e. The highest BCUT2D eigenvalue weighted by Crippen LogP contribution is 2.27. The molecule has 134 valence electrons. The molecule has 26 heavy (non-hydrogen) atoms. The summed E-state index contributed by atoms with van der Waals surface area (Å²) in [6.45, 7) is 3.79. The Balaban J connectivity index is 1.54. The number of piperidine rings is 1. The summed E-state index contributed by atoms with van der Waals surface area (Å²) in [7, 11) is 0. The molecule has 1 aliphatic rings. The van der Waals surface area contributed by atoms with Gasteiger partial charge in [0.15, 0.2) is 0 Å². The number of pyridine rings is 1. The van der Waals surface area contributed by atoms with Crippen molar-refractivity contribution in [3.63, 3.8) is 0 Å². The summed E-state index contributed by atoms with van der Waals surface area (Å²) in [4.78, 5) is 22.9. The van der Waals surface area contributed by atoms with E-state index in [2.05, 4.69) is 29.0 Å². The van der Waals surface area contributed by atoms with Gasteiger partial charge >= 0.3 is 0 Å². The lowest BCUT2D eigenvalue weighted by Crippen LogP contribution is -2.41. The van der Waals surface area contributed by atoms with Gasteiger partial charge < -0.3 is 9.88 Å². The lowest BCUT2D eigenvalue weighted by Gasteiger charge is -2.33. The van der Waals surface area contributed by atoms with E-state index in [1.165, 1.54) is 17.4 Å². The van der Waals surface area contributed by atoms with Gasteiger partial charge in [0, 0.05) is 36.4 Å². The molecule has 1 fully saturated rings. The Morgan fingerprint density at radius 1 is 1.27 bits per heavy atom. The Morgan fingerprint density at radius 2 is 2.15 bits per heavy atom. The van der Waals surface area contributed by atoms with E-state index in [4.69, 9.17) is 0 Å². The number of fused-ring (bicyclic) bond motifs is 1. The molecule has 4 heteroatoms. The van der Waals surface area contributed by atoms with E-state index in [0.717, 1.165) is 49.1 Å². The normalized spacial score (nSPS) is 17.6. The van der Waals surface area contributed by atoms with Crippen molar-refractivity contribution in [2.75, 3.05) is 13.1 Å². The Hall–Kier alpha value is -2.62. The van der Waals surface area contributed by atoms with Crippen LogP contribution in [0.1, 0.15) is 41.4 Å². The first-order valence-corrected chi connectivity index (χ1v) is 9.54. The first-order valence-electron chi connectivity index (χ1n) is 9.54. The molecule has 2 aromatic heterocycles. The fraction of sp³-hybridized carbons (Fsp3) is 0.364. The number of aryl methyl sites for hydroxylation is 1. The first-order chi connectivity index (χ1) is 12.8. The van der Waals surface area contributed by atoms with Crippen LogP contribution in [-0.2, 0) is 12.8 Å². The van der Waals surface area contributed by atoms with Gasteiger partial charge in [-0.25, -0.2) is 0 Å². The highest BCUT2D eigenvalue weighted by molar-refractivity contribution is 6.01. The maximum absolute atomic E-state index is 13.2. The number of hydrogen-bond acceptors (Lipinski definition) is 2. The predicted octanol–water partition coefficient (Wildman–Crippen LogP) is 4.22. The number of nitrogens with one attached hydrogen (secondary N) is 1. The van der Waals surface area contributed by atoms with E-state index in [-0.39, 0.29) is 5.91 Å². The second kappa shape index (κ2) is 7.32. The van der Waals surface area contributed by atoms with Crippen LogP contribution in [0.3, 0.4) is 0 Å². The van der Waals surface area contributed by atoms with E-state index in [0.29, 0.717) is 5.92 Å². The number of rotatable bonds is 4. The van der Waals surface area contributed by atoms with Crippen LogP contribution in [0.5, 0.6) is 0 Å². The van der Waals surface area contributed by atoms with Crippen molar-refractivity contribution in [1.82, 2.24) is 14.9 Å². The van der Waals surface area contributed by atoms with Crippen LogP contribution in [0.2, 0.25) is 0 Å². The van der Waals surface area contributed by atoms with Crippen molar-refractivity contribution in [1.29, 1.82) is 0 Å². The summed E-state index contributed by atoms with van der Waals surface area (Å²) < 4.78 is 0. The number of para-hydroxylation sites is 1. The molecule has 1 atom stereocenters. The number of aromatic amines is 1. The van der Waals surface area contributed by atoms with Crippen molar-refractivity contribution in [2.45, 2.75) is 32.6 Å². The minimum absolute atomic E-state index is 0.147. The fourth-order valence-corrected chi connectivity index (χ4v) is 4.18. The molecule has 0 saturated carbocycles. The molecule has 0 bridgehead atoms. The van der Waals surface area contributed by atoms with E-state index in [1.54, 1.807) is 0 Å². The molecule has 4 rings (SSSR count). The third kappa shape index (κ3) is 3.24. The molecule has 3 heterocycles. The monoisotopic (exact) mass is 347 g/mol. The molecule has 1 N–H and O–H groups in total. The van der Waals surface area contributed by atoms with Crippen LogP contribution in [0.4, 0.5) is 0 Å². The van der Waals surface area contributed by atoms with E-state index < -0.39 is 0 Å². The van der Waals surface area contributed by atoms with Crippen molar-refractivity contribution >= 4 is 16.8 Å². The molecule has 1 saturated heterocycles. The lowest BCUT2D eigenvalue weighted by atomic mass is 9.91. The third-order valence-corrected chi connectivity index (χ3v) is 5.43. The molecule has 1 aromatic carbocycles. The van der Waals surface area contributed by atoms with Crippen LogP contribution in [0.15, 0.2) is 48.8 Å². The van der Waals surface area contributed by atoms with E-state index >= 15 is 0 Å². The number of carbonyl (C=O) groups excluding carboxylic acids is 1. The SMILES string of the molecule is CCc1c(C(=O)N2CCCC(Cc3cccnc3)C2)[nH]c2ccccc12. The zero-order valence-electron chi connectivity index (χ0n) is 15.2. The van der Waals surface area contributed by atoms with Gasteiger partial charge in [0.1, 0.15) is 5.69 Å². The lowest BCUT2D eigenvalue weighted by molar-refractivity contribution is 0.0667. The Labute approximate surface area is 154 Å². The highest BCUT2D eigenvalue weighted by Gasteiger charge is 2.27. The summed E-state index contributed by atoms with van der Waals surface area (Å²) in [6, 6.07) is 12.3. The number of H-pyrrole nitrogens is 1. The van der Waals surface area contributed by atoms with E-state index in [1.807, 2.05) is 41.6 Å². The number of benzene rings is 1. The van der Waals surface area contributed by atoms with Crippen molar-refractivity contribution in [3.8, 4) is 0 Å². The van der Waals surface area contributed by atoms with Crippen molar-refractivity contribution < 1.29 is 4.79 Å². The largest absolute Gasteiger partial charge is 0.350 e. The molecule has 0 spiro atoms. The number of likely N-dealkylation sites (tertiary alicyclic amines) is 1. The topological polar surface area (TPSA) is 49.0 Å². The molecular weight excluding hydrogens is 322 g/mol. The van der Waals surface area contributed by atoms with Crippen LogP contribution >= 0.6 is 0 Å². The van der Waals surface area contributed by atoms with Crippen LogP contribution in [-0.4, -0.2) is 33.9 Å². The molecule has 4 nitrogen and oxygen atoms in total. The summed E-state index contributed by atoms with van der Waals surface area (Å²) in [5.41, 5.74) is 4.22. The third-order valence-electron chi connectivity index (χ3n) is 5.43. The van der Waals surface area contributed by atoms with Gasteiger partial charge in [-0.05, 0) is 54.9 Å². The number of amides is 1. The predicted molar refractivity (Wildman–Crippen MR) is 104 cm³/mol. The fourth-order valence-electron chi connectivity index (χ4n) is 4.18. The Morgan fingerprint density at radius 3 is 2.96 bits per heavy atom. The average Bonchev–Trinajstić information content (AvgIpc) is 3.07. The van der Waals surface area contributed by atoms with Gasteiger partial charge in [0.05, 0.1) is 0 Å². The van der Waals surface area contributed by atoms with Gasteiger partial charge in [0.25, 0.3) is 5.91 Å². The van der Waals surface area contributed by atoms with Gasteiger partial charge in [-0.15, -0.1) is 0 Å². The van der Waals surface area contributed by atoms with Crippen molar-refractivity contribution in [3.05, 3.63) is 65.6 Å². The zero-order valence-corrected chi connectivity index (χ0v) is 15.2. The number of hydrogen-bond donors (Lipinski definition) is 1. The average molecular weight is 347 g/mol. The van der Waals surface area contributed by atoms with Gasteiger partial charge in [-0.3, -0.25) is 9.78 Å². The zero-order chi connectivity index (χ0) is 17.9. The standard InChI is InChI=1S/C22H25N3O/c1-2-18-19-9-3-4-10-20(19)24-21(18)22(26)25-12-6-8-17(15-25)13-16-7-5-11-23-14-16/h3-5,7,9-11,14,17,24H,2,6,8,12-13,15H2,1H3. The minimum atomic E-state index is 0.147. The summed E-state index contributed by atoms with van der Waals surface area (Å²) in [6.07, 6.45) is 7.84. The molecule has 1 unspecified atom stereocenters. The van der Waals surface area contributed by atoms with Gasteiger partial charge in [-0.2, -0.15) is 0 Å². The quantitative estimate of drug-likeness (QED) is 0.768. The molecular formula is C22H25N3O. The van der Waals surface area contributed by atoms with E-state index in [9.17, 15) is 4.79 Å². The minimum Gasteiger partial charge on any atom is -0.350 e. The molecule has 0 aliphatic carbocycles. The Kier molecular flexibility index (Phi) is 4.74.